The molecule has 0 heterocycles. The molecule has 1 atom stereocenters. The molecule has 0 spiro atoms. The normalized spacial score (nSPS) is 12.6. The smallest absolute Gasteiger partial charge is 0.171 e. The SMILES string of the molecule is COc1cc([C@H](N)CO)cc(I)c1O. The Morgan fingerprint density at radius 2 is 2.21 bits per heavy atom. The van der Waals surface area contributed by atoms with Crippen LogP contribution in [0.5, 0.6) is 11.5 Å². The maximum atomic E-state index is 9.54. The maximum absolute atomic E-state index is 9.54. The summed E-state index contributed by atoms with van der Waals surface area (Å²) in [6.45, 7) is -0.135. The molecule has 1 aromatic carbocycles. The van der Waals surface area contributed by atoms with Crippen LogP contribution in [0.15, 0.2) is 12.1 Å². The molecular weight excluding hydrogens is 297 g/mol. The number of benzene rings is 1. The molecule has 0 saturated heterocycles. The van der Waals surface area contributed by atoms with E-state index in [-0.39, 0.29) is 12.4 Å². The average molecular weight is 309 g/mol. The van der Waals surface area contributed by atoms with Gasteiger partial charge in [0, 0.05) is 0 Å². The van der Waals surface area contributed by atoms with Crippen LogP contribution in [-0.2, 0) is 0 Å². The van der Waals surface area contributed by atoms with Gasteiger partial charge in [-0.15, -0.1) is 0 Å². The lowest BCUT2D eigenvalue weighted by Gasteiger charge is -2.12. The van der Waals surface area contributed by atoms with Gasteiger partial charge in [-0.25, -0.2) is 0 Å². The zero-order valence-corrected chi connectivity index (χ0v) is 9.85. The third-order valence-electron chi connectivity index (χ3n) is 1.90. The summed E-state index contributed by atoms with van der Waals surface area (Å²) < 4.78 is 5.62. The maximum Gasteiger partial charge on any atom is 0.171 e. The number of aliphatic hydroxyl groups excluding tert-OH is 1. The van der Waals surface area contributed by atoms with E-state index < -0.39 is 6.04 Å². The Hall–Kier alpha value is -0.530. The average Bonchev–Trinajstić information content (AvgIpc) is 2.20. The summed E-state index contributed by atoms with van der Waals surface area (Å²) in [5.74, 6) is 0.470. The molecule has 4 nitrogen and oxygen atoms in total. The molecule has 0 radical (unpaired) electrons. The van der Waals surface area contributed by atoms with Gasteiger partial charge < -0.3 is 20.7 Å². The number of nitrogens with two attached hydrogens (primary N) is 1. The highest BCUT2D eigenvalue weighted by atomic mass is 127. The minimum atomic E-state index is -0.446. The fourth-order valence-electron chi connectivity index (χ4n) is 1.07. The van der Waals surface area contributed by atoms with Gasteiger partial charge in [0.25, 0.3) is 0 Å². The molecule has 0 bridgehead atoms. The number of phenols is 1. The van der Waals surface area contributed by atoms with Crippen molar-refractivity contribution in [3.05, 3.63) is 21.3 Å². The zero-order chi connectivity index (χ0) is 10.7. The van der Waals surface area contributed by atoms with Gasteiger partial charge in [0.15, 0.2) is 11.5 Å². The Balaban J connectivity index is 3.16. The van der Waals surface area contributed by atoms with E-state index in [4.69, 9.17) is 15.6 Å². The Bertz CT molecular complexity index is 330. The third-order valence-corrected chi connectivity index (χ3v) is 2.72. The predicted octanol–water partition coefficient (Wildman–Crippen LogP) is 0.997. The Kier molecular flexibility index (Phi) is 3.97. The summed E-state index contributed by atoms with van der Waals surface area (Å²) in [5.41, 5.74) is 6.39. The number of halogens is 1. The summed E-state index contributed by atoms with van der Waals surface area (Å²) in [5, 5.41) is 18.4. The molecule has 4 N–H and O–H groups in total. The van der Waals surface area contributed by atoms with E-state index in [1.54, 1.807) is 12.1 Å². The van der Waals surface area contributed by atoms with Crippen molar-refractivity contribution >= 4 is 22.6 Å². The summed E-state index contributed by atoms with van der Waals surface area (Å²) >= 11 is 1.98. The summed E-state index contributed by atoms with van der Waals surface area (Å²) in [7, 11) is 1.47. The third kappa shape index (κ3) is 2.28. The monoisotopic (exact) mass is 309 g/mol. The molecule has 5 heteroatoms. The highest BCUT2D eigenvalue weighted by Crippen LogP contribution is 2.33. The first-order valence-electron chi connectivity index (χ1n) is 4.03. The van der Waals surface area contributed by atoms with E-state index in [2.05, 4.69) is 0 Å². The van der Waals surface area contributed by atoms with Crippen molar-refractivity contribution in [1.29, 1.82) is 0 Å². The lowest BCUT2D eigenvalue weighted by atomic mass is 10.1. The van der Waals surface area contributed by atoms with E-state index in [1.165, 1.54) is 7.11 Å². The fraction of sp³-hybridized carbons (Fsp3) is 0.333. The van der Waals surface area contributed by atoms with Crippen LogP contribution in [0, 0.1) is 3.57 Å². The second-order valence-corrected chi connectivity index (χ2v) is 4.00. The summed E-state index contributed by atoms with van der Waals surface area (Å²) in [6, 6.07) is 2.90. The van der Waals surface area contributed by atoms with Crippen LogP contribution in [0.3, 0.4) is 0 Å². The molecule has 0 aliphatic carbocycles. The Morgan fingerprint density at radius 1 is 1.57 bits per heavy atom. The van der Waals surface area contributed by atoms with Gasteiger partial charge in [0.05, 0.1) is 23.3 Å². The Labute approximate surface area is 95.8 Å². The van der Waals surface area contributed by atoms with Gasteiger partial charge in [0.1, 0.15) is 0 Å². The van der Waals surface area contributed by atoms with Gasteiger partial charge >= 0.3 is 0 Å². The van der Waals surface area contributed by atoms with Crippen LogP contribution >= 0.6 is 22.6 Å². The minimum absolute atomic E-state index is 0.0991. The first-order chi connectivity index (χ1) is 6.60. The lowest BCUT2D eigenvalue weighted by molar-refractivity contribution is 0.267. The van der Waals surface area contributed by atoms with Crippen LogP contribution in [0.2, 0.25) is 0 Å². The van der Waals surface area contributed by atoms with Crippen LogP contribution < -0.4 is 10.5 Å². The molecule has 14 heavy (non-hydrogen) atoms. The van der Waals surface area contributed by atoms with Crippen LogP contribution in [0.1, 0.15) is 11.6 Å². The van der Waals surface area contributed by atoms with Crippen LogP contribution in [0.4, 0.5) is 0 Å². The van der Waals surface area contributed by atoms with E-state index >= 15 is 0 Å². The number of aliphatic hydroxyl groups is 1. The lowest BCUT2D eigenvalue weighted by Crippen LogP contribution is -2.14. The van der Waals surface area contributed by atoms with E-state index in [1.807, 2.05) is 22.6 Å². The molecule has 0 aromatic heterocycles. The van der Waals surface area contributed by atoms with E-state index in [0.29, 0.717) is 9.32 Å². The number of aromatic hydroxyl groups is 1. The largest absolute Gasteiger partial charge is 0.504 e. The van der Waals surface area contributed by atoms with Crippen LogP contribution in [0.25, 0.3) is 0 Å². The highest BCUT2D eigenvalue weighted by Gasteiger charge is 2.12. The fourth-order valence-corrected chi connectivity index (χ4v) is 1.69. The van der Waals surface area contributed by atoms with E-state index in [9.17, 15) is 5.11 Å². The quantitative estimate of drug-likeness (QED) is 0.728. The van der Waals surface area contributed by atoms with Gasteiger partial charge in [-0.3, -0.25) is 0 Å². The van der Waals surface area contributed by atoms with Gasteiger partial charge in [-0.05, 0) is 40.3 Å². The Morgan fingerprint density at radius 3 is 2.71 bits per heavy atom. The number of hydrogen-bond donors (Lipinski definition) is 3. The van der Waals surface area contributed by atoms with Gasteiger partial charge in [-0.2, -0.15) is 0 Å². The number of methoxy groups -OCH3 is 1. The first kappa shape index (κ1) is 11.5. The van der Waals surface area contributed by atoms with Gasteiger partial charge in [-0.1, -0.05) is 0 Å². The molecule has 0 aliphatic rings. The standard InChI is InChI=1S/C9H12INO3/c1-14-8-3-5(7(11)4-12)2-6(10)9(8)13/h2-3,7,12-13H,4,11H2,1H3/t7-/m1/s1. The summed E-state index contributed by atoms with van der Waals surface area (Å²) in [4.78, 5) is 0. The van der Waals surface area contributed by atoms with E-state index in [0.717, 1.165) is 5.56 Å². The molecule has 1 aromatic rings. The first-order valence-corrected chi connectivity index (χ1v) is 5.10. The highest BCUT2D eigenvalue weighted by molar-refractivity contribution is 14.1. The van der Waals surface area contributed by atoms with Crippen LogP contribution in [-0.4, -0.2) is 23.9 Å². The molecule has 0 unspecified atom stereocenters. The second-order valence-electron chi connectivity index (χ2n) is 2.84. The molecule has 1 rings (SSSR count). The van der Waals surface area contributed by atoms with Gasteiger partial charge in [0.2, 0.25) is 0 Å². The molecule has 0 fully saturated rings. The number of rotatable bonds is 3. The minimum Gasteiger partial charge on any atom is -0.504 e. The molecule has 0 amide bonds. The topological polar surface area (TPSA) is 75.7 Å². The van der Waals surface area contributed by atoms with Crippen molar-refractivity contribution in [2.75, 3.05) is 13.7 Å². The van der Waals surface area contributed by atoms with Crippen molar-refractivity contribution in [2.24, 2.45) is 5.73 Å². The predicted molar refractivity (Wildman–Crippen MR) is 61.4 cm³/mol. The van der Waals surface area contributed by atoms with Crippen molar-refractivity contribution in [1.82, 2.24) is 0 Å². The molecule has 78 valence electrons. The van der Waals surface area contributed by atoms with Crippen molar-refractivity contribution in [2.45, 2.75) is 6.04 Å². The van der Waals surface area contributed by atoms with Crippen molar-refractivity contribution < 1.29 is 14.9 Å². The molecular formula is C9H12INO3. The van der Waals surface area contributed by atoms with Crippen molar-refractivity contribution in [3.8, 4) is 11.5 Å². The zero-order valence-electron chi connectivity index (χ0n) is 7.70. The number of hydrogen-bond acceptors (Lipinski definition) is 4. The van der Waals surface area contributed by atoms with Crippen molar-refractivity contribution in [3.63, 3.8) is 0 Å². The molecule has 0 aliphatic heterocycles. The number of phenolic OH excluding ortho intramolecular Hbond substituents is 1. The summed E-state index contributed by atoms with van der Waals surface area (Å²) in [6.07, 6.45) is 0. The number of ether oxygens (including phenoxy) is 1. The second kappa shape index (κ2) is 4.81. The molecule has 0 saturated carbocycles.